The molecule has 1 N–H and O–H groups in total. The van der Waals surface area contributed by atoms with E-state index in [1.54, 1.807) is 23.4 Å². The number of anilines is 2. The van der Waals surface area contributed by atoms with Crippen LogP contribution in [0.4, 0.5) is 25.1 Å². The Morgan fingerprint density at radius 3 is 2.44 bits per heavy atom. The highest BCUT2D eigenvalue weighted by molar-refractivity contribution is 5.77. The number of piperazine rings is 1. The number of nitrogens with one attached hydrogen (secondary N) is 1. The maximum atomic E-state index is 12.6. The molecule has 0 bridgehead atoms. The monoisotopic (exact) mass is 381 g/mol. The van der Waals surface area contributed by atoms with E-state index in [9.17, 15) is 18.0 Å². The fraction of sp³-hybridized carbons (Fsp3) is 0.438. The van der Waals surface area contributed by atoms with Gasteiger partial charge in [0, 0.05) is 57.7 Å². The Hall–Kier alpha value is -2.98. The molecule has 1 aliphatic heterocycles. The highest BCUT2D eigenvalue weighted by atomic mass is 19.4. The Morgan fingerprint density at radius 2 is 1.78 bits per heavy atom. The first kappa shape index (κ1) is 18.8. The summed E-state index contributed by atoms with van der Waals surface area (Å²) in [6.45, 7) is 2.48. The van der Waals surface area contributed by atoms with E-state index in [0.29, 0.717) is 32.1 Å². The number of amides is 1. The summed E-state index contributed by atoms with van der Waals surface area (Å²) in [6, 6.07) is 2.54. The average Bonchev–Trinajstić information content (AvgIpc) is 2.68. The van der Waals surface area contributed by atoms with Crippen molar-refractivity contribution >= 4 is 17.8 Å². The molecule has 2 aromatic rings. The normalized spacial score (nSPS) is 14.9. The van der Waals surface area contributed by atoms with E-state index < -0.39 is 11.9 Å². The van der Waals surface area contributed by atoms with Gasteiger partial charge in [-0.2, -0.15) is 13.2 Å². The minimum absolute atomic E-state index is 0.0805. The maximum Gasteiger partial charge on any atom is 0.433 e. The summed E-state index contributed by atoms with van der Waals surface area (Å²) in [4.78, 5) is 31.5. The number of rotatable bonds is 5. The summed E-state index contributed by atoms with van der Waals surface area (Å²) in [5, 5.41) is 2.66. The van der Waals surface area contributed by atoms with Crippen molar-refractivity contribution in [3.63, 3.8) is 0 Å². The Bertz CT molecular complexity index is 764. The zero-order chi connectivity index (χ0) is 19.3. The third-order valence-corrected chi connectivity index (χ3v) is 4.04. The van der Waals surface area contributed by atoms with Crippen LogP contribution in [0.1, 0.15) is 12.1 Å². The number of hydrogen-bond donors (Lipinski definition) is 1. The quantitative estimate of drug-likeness (QED) is 0.838. The topological polar surface area (TPSA) is 87.1 Å². The molecule has 0 saturated carbocycles. The average molecular weight is 381 g/mol. The van der Waals surface area contributed by atoms with Gasteiger partial charge in [0.1, 0.15) is 5.69 Å². The van der Waals surface area contributed by atoms with Gasteiger partial charge in [-0.15, -0.1) is 0 Å². The van der Waals surface area contributed by atoms with Crippen LogP contribution in [0.15, 0.2) is 30.7 Å². The van der Waals surface area contributed by atoms with Crippen molar-refractivity contribution in [3.05, 3.63) is 36.4 Å². The summed E-state index contributed by atoms with van der Waals surface area (Å²) in [5.41, 5.74) is -1.02. The first-order valence-corrected chi connectivity index (χ1v) is 8.37. The van der Waals surface area contributed by atoms with Crippen molar-refractivity contribution in [1.82, 2.24) is 24.8 Å². The predicted molar refractivity (Wildman–Crippen MR) is 91.0 cm³/mol. The number of hydrogen-bond acceptors (Lipinski definition) is 7. The predicted octanol–water partition coefficient (Wildman–Crippen LogP) is 1.44. The maximum absolute atomic E-state index is 12.6. The smallest absolute Gasteiger partial charge is 0.354 e. The molecule has 1 saturated heterocycles. The number of carbonyl (C=O) groups is 1. The highest BCUT2D eigenvalue weighted by Gasteiger charge is 2.32. The molecule has 27 heavy (non-hydrogen) atoms. The lowest BCUT2D eigenvalue weighted by molar-refractivity contribution is -0.141. The molecule has 1 amide bonds. The van der Waals surface area contributed by atoms with Gasteiger partial charge in [-0.05, 0) is 12.1 Å². The number of nitrogens with zero attached hydrogens (tertiary/aromatic N) is 6. The summed E-state index contributed by atoms with van der Waals surface area (Å²) in [7, 11) is 0. The molecule has 0 atom stereocenters. The van der Waals surface area contributed by atoms with Crippen molar-refractivity contribution in [1.29, 1.82) is 0 Å². The van der Waals surface area contributed by atoms with E-state index in [2.05, 4.69) is 25.3 Å². The SMILES string of the molecule is O=C(CCNc1nccc(C(F)(F)F)n1)N1CCN(c2ncccn2)CC1. The van der Waals surface area contributed by atoms with Crippen LogP contribution >= 0.6 is 0 Å². The van der Waals surface area contributed by atoms with Gasteiger partial charge in [0.25, 0.3) is 0 Å². The Labute approximate surface area is 153 Å². The zero-order valence-electron chi connectivity index (χ0n) is 14.4. The van der Waals surface area contributed by atoms with E-state index in [1.165, 1.54) is 0 Å². The largest absolute Gasteiger partial charge is 0.433 e. The van der Waals surface area contributed by atoms with Crippen LogP contribution in [0.5, 0.6) is 0 Å². The van der Waals surface area contributed by atoms with Crippen molar-refractivity contribution < 1.29 is 18.0 Å². The van der Waals surface area contributed by atoms with E-state index in [-0.39, 0.29) is 24.8 Å². The molecular weight excluding hydrogens is 363 g/mol. The van der Waals surface area contributed by atoms with E-state index in [4.69, 9.17) is 0 Å². The fourth-order valence-electron chi connectivity index (χ4n) is 2.65. The molecule has 3 heterocycles. The van der Waals surface area contributed by atoms with Crippen LogP contribution in [0, 0.1) is 0 Å². The Morgan fingerprint density at radius 1 is 1.07 bits per heavy atom. The lowest BCUT2D eigenvalue weighted by Gasteiger charge is -2.34. The van der Waals surface area contributed by atoms with Crippen LogP contribution in [0.25, 0.3) is 0 Å². The van der Waals surface area contributed by atoms with E-state index in [0.717, 1.165) is 12.3 Å². The lowest BCUT2D eigenvalue weighted by Crippen LogP contribution is -2.49. The van der Waals surface area contributed by atoms with Crippen molar-refractivity contribution in [3.8, 4) is 0 Å². The summed E-state index contributed by atoms with van der Waals surface area (Å²) in [6.07, 6.45) is -0.0214. The van der Waals surface area contributed by atoms with Crippen LogP contribution in [-0.2, 0) is 11.0 Å². The second-order valence-corrected chi connectivity index (χ2v) is 5.86. The van der Waals surface area contributed by atoms with Crippen molar-refractivity contribution in [2.45, 2.75) is 12.6 Å². The van der Waals surface area contributed by atoms with Crippen LogP contribution < -0.4 is 10.2 Å². The minimum Gasteiger partial charge on any atom is -0.354 e. The van der Waals surface area contributed by atoms with Crippen LogP contribution in [0.3, 0.4) is 0 Å². The molecule has 0 radical (unpaired) electrons. The Balaban J connectivity index is 1.44. The van der Waals surface area contributed by atoms with Gasteiger partial charge in [0.05, 0.1) is 0 Å². The van der Waals surface area contributed by atoms with Gasteiger partial charge in [0.15, 0.2) is 0 Å². The lowest BCUT2D eigenvalue weighted by atomic mass is 10.3. The molecule has 8 nitrogen and oxygen atoms in total. The third-order valence-electron chi connectivity index (χ3n) is 4.04. The molecule has 11 heteroatoms. The first-order chi connectivity index (χ1) is 12.9. The standard InChI is InChI=1S/C16H18F3N7O/c17-16(18,19)12-2-6-20-14(24-12)21-7-3-13(27)25-8-10-26(11-9-25)15-22-4-1-5-23-15/h1-2,4-6H,3,7-11H2,(H,20,21,24). The zero-order valence-corrected chi connectivity index (χ0v) is 14.4. The van der Waals surface area contributed by atoms with Crippen molar-refractivity contribution in [2.24, 2.45) is 0 Å². The fourth-order valence-corrected chi connectivity index (χ4v) is 2.65. The van der Waals surface area contributed by atoms with Gasteiger partial charge >= 0.3 is 6.18 Å². The highest BCUT2D eigenvalue weighted by Crippen LogP contribution is 2.27. The molecule has 3 rings (SSSR count). The van der Waals surface area contributed by atoms with Gasteiger partial charge in [-0.25, -0.2) is 19.9 Å². The number of carbonyl (C=O) groups excluding carboxylic acids is 1. The van der Waals surface area contributed by atoms with Gasteiger partial charge in [-0.3, -0.25) is 4.79 Å². The van der Waals surface area contributed by atoms with Crippen LogP contribution in [0.2, 0.25) is 0 Å². The van der Waals surface area contributed by atoms with Crippen molar-refractivity contribution in [2.75, 3.05) is 42.9 Å². The molecule has 1 fully saturated rings. The third kappa shape index (κ3) is 5.02. The second kappa shape index (κ2) is 8.14. The minimum atomic E-state index is -4.53. The molecule has 2 aromatic heterocycles. The van der Waals surface area contributed by atoms with Gasteiger partial charge in [-0.1, -0.05) is 0 Å². The summed E-state index contributed by atoms with van der Waals surface area (Å²) < 4.78 is 37.9. The van der Waals surface area contributed by atoms with E-state index >= 15 is 0 Å². The molecule has 0 unspecified atom stereocenters. The van der Waals surface area contributed by atoms with Gasteiger partial charge < -0.3 is 15.1 Å². The Kier molecular flexibility index (Phi) is 5.67. The first-order valence-electron chi connectivity index (χ1n) is 8.37. The van der Waals surface area contributed by atoms with Crippen LogP contribution in [-0.4, -0.2) is 63.5 Å². The number of alkyl halides is 3. The second-order valence-electron chi connectivity index (χ2n) is 5.86. The molecule has 1 aliphatic rings. The molecule has 144 valence electrons. The molecule has 0 aliphatic carbocycles. The summed E-state index contributed by atoms with van der Waals surface area (Å²) in [5.74, 6) is 0.403. The molecular formula is C16H18F3N7O. The molecule has 0 aromatic carbocycles. The molecule has 0 spiro atoms. The number of halogens is 3. The van der Waals surface area contributed by atoms with Gasteiger partial charge in [0.2, 0.25) is 17.8 Å². The number of aromatic nitrogens is 4. The summed E-state index contributed by atoms with van der Waals surface area (Å²) >= 11 is 0. The van der Waals surface area contributed by atoms with E-state index in [1.807, 2.05) is 4.90 Å².